The third kappa shape index (κ3) is 4.81. The van der Waals surface area contributed by atoms with Crippen LogP contribution in [-0.2, 0) is 6.42 Å². The maximum Gasteiger partial charge on any atom is 0.274 e. The number of amides is 1. The number of benzene rings is 1. The number of anilines is 1. The molecule has 1 fully saturated rings. The molecule has 35 heavy (non-hydrogen) atoms. The quantitative estimate of drug-likeness (QED) is 0.380. The minimum absolute atomic E-state index is 0.135. The van der Waals surface area contributed by atoms with Gasteiger partial charge in [0, 0.05) is 24.1 Å². The van der Waals surface area contributed by atoms with Gasteiger partial charge in [-0.15, -0.1) is 0 Å². The van der Waals surface area contributed by atoms with Crippen molar-refractivity contribution < 1.29 is 18.8 Å². The van der Waals surface area contributed by atoms with Crippen LogP contribution in [0.2, 0.25) is 0 Å². The van der Waals surface area contributed by atoms with Gasteiger partial charge in [0.2, 0.25) is 11.7 Å². The first-order valence-corrected chi connectivity index (χ1v) is 11.7. The summed E-state index contributed by atoms with van der Waals surface area (Å²) in [6, 6.07) is 9.43. The lowest BCUT2D eigenvalue weighted by Gasteiger charge is -2.21. The van der Waals surface area contributed by atoms with Crippen molar-refractivity contribution in [3.8, 4) is 11.4 Å². The van der Waals surface area contributed by atoms with E-state index >= 15 is 0 Å². The van der Waals surface area contributed by atoms with E-state index in [0.29, 0.717) is 40.7 Å². The number of aliphatic hydroxyl groups excluding tert-OH is 1. The van der Waals surface area contributed by atoms with Crippen molar-refractivity contribution in [1.82, 2.24) is 19.5 Å². The van der Waals surface area contributed by atoms with Gasteiger partial charge in [0.25, 0.3) is 5.91 Å². The second-order valence-electron chi connectivity index (χ2n) is 10.0. The maximum atomic E-state index is 13.3. The number of hydrogen-bond acceptors (Lipinski definition) is 6. The molecule has 1 aliphatic carbocycles. The molecule has 0 radical (unpaired) electrons. The van der Waals surface area contributed by atoms with Crippen LogP contribution in [0.4, 0.5) is 10.1 Å². The van der Waals surface area contributed by atoms with Crippen molar-refractivity contribution in [2.45, 2.75) is 52.1 Å². The topological polar surface area (TPSA) is 106 Å². The SMILES string of the molecule is Cc1ccc(-c2noc([C@H]3C[C@@H]3F)n2)cc1NC(=O)c1cnc2cc(CCC(C)(C)CO)ccn12. The zero-order chi connectivity index (χ0) is 24.7. The standard InChI is InChI=1S/C26H28FN5O3/c1-15-4-5-17(23-30-25(35-31-23)18-12-19(18)27)11-20(15)29-24(34)21-13-28-22-10-16(7-9-32(21)22)6-8-26(2,3)14-33/h4-5,7,9-11,13,18-19,33H,6,8,12,14H2,1-3H3,(H,29,34)/t18-,19-/m0/s1. The van der Waals surface area contributed by atoms with Crippen LogP contribution in [0.3, 0.4) is 0 Å². The molecule has 1 aromatic carbocycles. The van der Waals surface area contributed by atoms with Gasteiger partial charge in [-0.25, -0.2) is 9.37 Å². The Morgan fingerprint density at radius 1 is 1.31 bits per heavy atom. The van der Waals surface area contributed by atoms with Crippen molar-refractivity contribution in [1.29, 1.82) is 0 Å². The number of imidazole rings is 1. The highest BCUT2D eigenvalue weighted by molar-refractivity contribution is 6.04. The first-order chi connectivity index (χ1) is 16.7. The van der Waals surface area contributed by atoms with Gasteiger partial charge in [-0.2, -0.15) is 4.98 Å². The number of pyridine rings is 1. The van der Waals surface area contributed by atoms with E-state index in [-0.39, 0.29) is 23.8 Å². The Bertz CT molecular complexity index is 1390. The summed E-state index contributed by atoms with van der Waals surface area (Å²) in [5.41, 5.74) is 4.22. The number of rotatable bonds is 8. The third-order valence-corrected chi connectivity index (χ3v) is 6.54. The fourth-order valence-electron chi connectivity index (χ4n) is 3.91. The summed E-state index contributed by atoms with van der Waals surface area (Å²) in [6.45, 7) is 6.10. The molecule has 0 aliphatic heterocycles. The number of aromatic nitrogens is 4. The van der Waals surface area contributed by atoms with Gasteiger partial charge in [0.1, 0.15) is 17.5 Å². The Kier molecular flexibility index (Phi) is 5.88. The van der Waals surface area contributed by atoms with Crippen molar-refractivity contribution in [3.05, 3.63) is 65.4 Å². The molecule has 1 amide bonds. The van der Waals surface area contributed by atoms with Crippen LogP contribution in [-0.4, -0.2) is 43.3 Å². The van der Waals surface area contributed by atoms with Gasteiger partial charge >= 0.3 is 0 Å². The number of nitrogens with one attached hydrogen (secondary N) is 1. The van der Waals surface area contributed by atoms with Gasteiger partial charge in [-0.05, 0) is 60.9 Å². The smallest absolute Gasteiger partial charge is 0.274 e. The van der Waals surface area contributed by atoms with Crippen LogP contribution in [0.15, 0.2) is 47.2 Å². The summed E-state index contributed by atoms with van der Waals surface area (Å²) in [6.07, 6.45) is 4.57. The Balaban J connectivity index is 1.33. The second kappa shape index (κ2) is 8.88. The summed E-state index contributed by atoms with van der Waals surface area (Å²) < 4.78 is 20.3. The number of nitrogens with zero attached hydrogens (tertiary/aromatic N) is 4. The number of halogens is 1. The predicted octanol–water partition coefficient (Wildman–Crippen LogP) is 4.72. The normalized spacial score (nSPS) is 17.6. The summed E-state index contributed by atoms with van der Waals surface area (Å²) in [4.78, 5) is 21.9. The molecule has 2 N–H and O–H groups in total. The molecule has 4 aromatic rings. The van der Waals surface area contributed by atoms with Crippen LogP contribution < -0.4 is 5.32 Å². The van der Waals surface area contributed by atoms with Crippen LogP contribution in [0.1, 0.15) is 60.1 Å². The lowest BCUT2D eigenvalue weighted by molar-refractivity contribution is 0.102. The molecule has 0 saturated heterocycles. The molecular formula is C26H28FN5O3. The molecular weight excluding hydrogens is 449 g/mol. The Morgan fingerprint density at radius 3 is 2.86 bits per heavy atom. The predicted molar refractivity (Wildman–Crippen MR) is 129 cm³/mol. The molecule has 3 heterocycles. The highest BCUT2D eigenvalue weighted by Crippen LogP contribution is 2.43. The first kappa shape index (κ1) is 23.2. The Labute approximate surface area is 202 Å². The van der Waals surface area contributed by atoms with Crippen molar-refractivity contribution in [3.63, 3.8) is 0 Å². The Morgan fingerprint density at radius 2 is 2.11 bits per heavy atom. The minimum atomic E-state index is -0.912. The van der Waals surface area contributed by atoms with E-state index in [4.69, 9.17) is 4.52 Å². The van der Waals surface area contributed by atoms with Gasteiger partial charge in [-0.1, -0.05) is 31.1 Å². The first-order valence-electron chi connectivity index (χ1n) is 11.7. The van der Waals surface area contributed by atoms with Gasteiger partial charge in [0.05, 0.1) is 12.1 Å². The molecule has 0 bridgehead atoms. The van der Waals surface area contributed by atoms with Crippen molar-refractivity contribution in [2.75, 3.05) is 11.9 Å². The maximum absolute atomic E-state index is 13.3. The number of alkyl halides is 1. The van der Waals surface area contributed by atoms with Crippen LogP contribution in [0, 0.1) is 12.3 Å². The van der Waals surface area contributed by atoms with Gasteiger partial charge in [0.15, 0.2) is 0 Å². The van der Waals surface area contributed by atoms with E-state index in [1.807, 2.05) is 51.2 Å². The molecule has 5 rings (SSSR count). The molecule has 1 aliphatic rings. The molecule has 3 aromatic heterocycles. The van der Waals surface area contributed by atoms with E-state index in [1.165, 1.54) is 0 Å². The van der Waals surface area contributed by atoms with E-state index in [2.05, 4.69) is 20.4 Å². The second-order valence-corrected chi connectivity index (χ2v) is 10.0. The van der Waals surface area contributed by atoms with Crippen molar-refractivity contribution in [2.24, 2.45) is 5.41 Å². The van der Waals surface area contributed by atoms with E-state index in [9.17, 15) is 14.3 Å². The van der Waals surface area contributed by atoms with E-state index in [1.54, 1.807) is 16.7 Å². The molecule has 2 atom stereocenters. The summed E-state index contributed by atoms with van der Waals surface area (Å²) >= 11 is 0. The fourth-order valence-corrected chi connectivity index (χ4v) is 3.91. The highest BCUT2D eigenvalue weighted by atomic mass is 19.1. The monoisotopic (exact) mass is 477 g/mol. The molecule has 9 heteroatoms. The van der Waals surface area contributed by atoms with Crippen LogP contribution >= 0.6 is 0 Å². The van der Waals surface area contributed by atoms with Crippen molar-refractivity contribution >= 4 is 17.2 Å². The average molecular weight is 478 g/mol. The lowest BCUT2D eigenvalue weighted by atomic mass is 9.87. The number of aliphatic hydroxyl groups is 1. The summed E-state index contributed by atoms with van der Waals surface area (Å²) in [5.74, 6) is 0.0710. The number of hydrogen-bond donors (Lipinski definition) is 2. The number of carbonyl (C=O) groups excluding carboxylic acids is 1. The molecule has 8 nitrogen and oxygen atoms in total. The Hall–Kier alpha value is -3.59. The van der Waals surface area contributed by atoms with Crippen LogP contribution in [0.25, 0.3) is 17.0 Å². The minimum Gasteiger partial charge on any atom is -0.396 e. The third-order valence-electron chi connectivity index (χ3n) is 6.54. The molecule has 1 saturated carbocycles. The largest absolute Gasteiger partial charge is 0.396 e. The molecule has 182 valence electrons. The molecule has 0 unspecified atom stereocenters. The van der Waals surface area contributed by atoms with E-state index < -0.39 is 6.17 Å². The van der Waals surface area contributed by atoms with Gasteiger partial charge < -0.3 is 14.9 Å². The number of aryl methyl sites for hydroxylation is 2. The summed E-state index contributed by atoms with van der Waals surface area (Å²) in [7, 11) is 0. The van der Waals surface area contributed by atoms with E-state index in [0.717, 1.165) is 24.0 Å². The zero-order valence-corrected chi connectivity index (χ0v) is 20.0. The van der Waals surface area contributed by atoms with Crippen LogP contribution in [0.5, 0.6) is 0 Å². The fraction of sp³-hybridized carbons (Fsp3) is 0.385. The summed E-state index contributed by atoms with van der Waals surface area (Å²) in [5, 5.41) is 16.4. The average Bonchev–Trinajstić information content (AvgIpc) is 3.23. The lowest BCUT2D eigenvalue weighted by Crippen LogP contribution is -2.17. The number of carbonyl (C=O) groups is 1. The van der Waals surface area contributed by atoms with Gasteiger partial charge in [-0.3, -0.25) is 9.20 Å². The molecule has 0 spiro atoms. The number of fused-ring (bicyclic) bond motifs is 1. The highest BCUT2D eigenvalue weighted by Gasteiger charge is 2.43. The zero-order valence-electron chi connectivity index (χ0n) is 20.0.